The molecule has 0 saturated heterocycles. The largest absolute Gasteiger partial charge is 0.454 e. The Bertz CT molecular complexity index is 472. The summed E-state index contributed by atoms with van der Waals surface area (Å²) in [5, 5.41) is 2.46. The van der Waals surface area contributed by atoms with Crippen LogP contribution in [0.5, 0.6) is 11.5 Å². The molecule has 96 valence electrons. The average molecular weight is 251 g/mol. The van der Waals surface area contributed by atoms with E-state index in [1.807, 2.05) is 0 Å². The van der Waals surface area contributed by atoms with E-state index in [1.54, 1.807) is 6.07 Å². The van der Waals surface area contributed by atoms with Gasteiger partial charge in [0.2, 0.25) is 12.6 Å². The van der Waals surface area contributed by atoms with Gasteiger partial charge in [-0.2, -0.15) is 0 Å². The first-order valence-corrected chi connectivity index (χ1v) is 5.43. The molecule has 0 aromatic heterocycles. The SMILES string of the molecule is COCCNC(=O)C(=O)c1ccc2c(c1)OCO2. The zero-order chi connectivity index (χ0) is 13.0. The summed E-state index contributed by atoms with van der Waals surface area (Å²) in [6.07, 6.45) is 0. The third-order valence-corrected chi connectivity index (χ3v) is 2.43. The Morgan fingerprint density at radius 3 is 2.89 bits per heavy atom. The maximum absolute atomic E-state index is 11.8. The molecule has 1 heterocycles. The van der Waals surface area contributed by atoms with Crippen molar-refractivity contribution >= 4 is 11.7 Å². The average Bonchev–Trinajstić information content (AvgIpc) is 2.85. The van der Waals surface area contributed by atoms with Gasteiger partial charge in [-0.25, -0.2) is 0 Å². The van der Waals surface area contributed by atoms with Gasteiger partial charge in [-0.1, -0.05) is 0 Å². The predicted molar refractivity (Wildman–Crippen MR) is 61.8 cm³/mol. The van der Waals surface area contributed by atoms with E-state index >= 15 is 0 Å². The van der Waals surface area contributed by atoms with Crippen LogP contribution in [-0.2, 0) is 9.53 Å². The summed E-state index contributed by atoms with van der Waals surface area (Å²) >= 11 is 0. The molecular formula is C12H13NO5. The van der Waals surface area contributed by atoms with Crippen LogP contribution in [0, 0.1) is 0 Å². The summed E-state index contributed by atoms with van der Waals surface area (Å²) in [6.45, 7) is 0.790. The van der Waals surface area contributed by atoms with Crippen LogP contribution < -0.4 is 14.8 Å². The Morgan fingerprint density at radius 2 is 2.11 bits per heavy atom. The highest BCUT2D eigenvalue weighted by molar-refractivity contribution is 6.42. The van der Waals surface area contributed by atoms with Crippen LogP contribution in [0.25, 0.3) is 0 Å². The quantitative estimate of drug-likeness (QED) is 0.464. The van der Waals surface area contributed by atoms with Gasteiger partial charge in [0.05, 0.1) is 6.61 Å². The minimum Gasteiger partial charge on any atom is -0.454 e. The number of carbonyl (C=O) groups excluding carboxylic acids is 2. The Morgan fingerprint density at radius 1 is 1.33 bits per heavy atom. The van der Waals surface area contributed by atoms with Crippen LogP contribution in [-0.4, -0.2) is 38.7 Å². The molecule has 0 bridgehead atoms. The summed E-state index contributed by atoms with van der Waals surface area (Å²) in [4.78, 5) is 23.3. The van der Waals surface area contributed by atoms with E-state index in [4.69, 9.17) is 14.2 Å². The lowest BCUT2D eigenvalue weighted by Crippen LogP contribution is -2.33. The lowest BCUT2D eigenvalue weighted by atomic mass is 10.1. The number of rotatable bonds is 5. The molecule has 0 spiro atoms. The summed E-state index contributed by atoms with van der Waals surface area (Å²) in [5.41, 5.74) is 0.272. The van der Waals surface area contributed by atoms with Gasteiger partial charge in [-0.15, -0.1) is 0 Å². The first-order valence-electron chi connectivity index (χ1n) is 5.43. The number of carbonyl (C=O) groups is 2. The van der Waals surface area contributed by atoms with Crippen molar-refractivity contribution in [1.29, 1.82) is 0 Å². The van der Waals surface area contributed by atoms with Gasteiger partial charge in [0.25, 0.3) is 5.91 Å². The Balaban J connectivity index is 2.02. The zero-order valence-electron chi connectivity index (χ0n) is 9.89. The van der Waals surface area contributed by atoms with E-state index in [1.165, 1.54) is 19.2 Å². The molecule has 0 aliphatic carbocycles. The van der Waals surface area contributed by atoms with Crippen LogP contribution in [0.1, 0.15) is 10.4 Å². The molecule has 1 aromatic carbocycles. The highest BCUT2D eigenvalue weighted by atomic mass is 16.7. The van der Waals surface area contributed by atoms with Crippen molar-refractivity contribution in [2.24, 2.45) is 0 Å². The van der Waals surface area contributed by atoms with Gasteiger partial charge in [0.15, 0.2) is 11.5 Å². The highest BCUT2D eigenvalue weighted by Crippen LogP contribution is 2.32. The second-order valence-electron chi connectivity index (χ2n) is 3.65. The lowest BCUT2D eigenvalue weighted by molar-refractivity contribution is -0.117. The molecule has 18 heavy (non-hydrogen) atoms. The van der Waals surface area contributed by atoms with Crippen molar-refractivity contribution in [2.45, 2.75) is 0 Å². The van der Waals surface area contributed by atoms with Gasteiger partial charge in [-0.3, -0.25) is 9.59 Å². The molecule has 0 radical (unpaired) electrons. The monoisotopic (exact) mass is 251 g/mol. The highest BCUT2D eigenvalue weighted by Gasteiger charge is 2.20. The minimum absolute atomic E-state index is 0.132. The zero-order valence-corrected chi connectivity index (χ0v) is 9.89. The van der Waals surface area contributed by atoms with Crippen molar-refractivity contribution in [1.82, 2.24) is 5.32 Å². The number of ketones is 1. The van der Waals surface area contributed by atoms with Crippen molar-refractivity contribution in [2.75, 3.05) is 27.1 Å². The topological polar surface area (TPSA) is 73.9 Å². The number of amides is 1. The molecule has 1 aromatic rings. The maximum atomic E-state index is 11.8. The van der Waals surface area contributed by atoms with Crippen LogP contribution in [0.3, 0.4) is 0 Å². The van der Waals surface area contributed by atoms with Gasteiger partial charge in [-0.05, 0) is 18.2 Å². The van der Waals surface area contributed by atoms with Crippen LogP contribution in [0.4, 0.5) is 0 Å². The van der Waals surface area contributed by atoms with Crippen LogP contribution in [0.15, 0.2) is 18.2 Å². The molecule has 0 fully saturated rings. The minimum atomic E-state index is -0.661. The summed E-state index contributed by atoms with van der Waals surface area (Å²) in [6, 6.07) is 4.64. The first kappa shape index (κ1) is 12.4. The molecule has 0 unspecified atom stereocenters. The second-order valence-corrected chi connectivity index (χ2v) is 3.65. The van der Waals surface area contributed by atoms with E-state index in [0.29, 0.717) is 24.7 Å². The van der Waals surface area contributed by atoms with Gasteiger partial charge >= 0.3 is 0 Å². The number of Topliss-reactive ketones (excluding diaryl/α,β-unsaturated/α-hetero) is 1. The number of ether oxygens (including phenoxy) is 3. The molecule has 6 nitrogen and oxygen atoms in total. The molecule has 2 rings (SSSR count). The van der Waals surface area contributed by atoms with Crippen molar-refractivity contribution in [3.8, 4) is 11.5 Å². The molecule has 1 aliphatic rings. The number of methoxy groups -OCH3 is 1. The summed E-state index contributed by atoms with van der Waals surface area (Å²) in [7, 11) is 1.52. The number of hydrogen-bond acceptors (Lipinski definition) is 5. The third kappa shape index (κ3) is 2.60. The molecule has 1 amide bonds. The summed E-state index contributed by atoms with van der Waals surface area (Å²) < 4.78 is 15.0. The molecule has 0 saturated carbocycles. The number of fused-ring (bicyclic) bond motifs is 1. The number of nitrogens with one attached hydrogen (secondary N) is 1. The molecule has 6 heteroatoms. The molecule has 1 N–H and O–H groups in total. The van der Waals surface area contributed by atoms with E-state index in [9.17, 15) is 9.59 Å². The molecule has 1 aliphatic heterocycles. The predicted octanol–water partition coefficient (Wildman–Crippen LogP) is 0.361. The van der Waals surface area contributed by atoms with E-state index in [0.717, 1.165) is 0 Å². The maximum Gasteiger partial charge on any atom is 0.292 e. The first-order chi connectivity index (χ1) is 8.72. The summed E-state index contributed by atoms with van der Waals surface area (Å²) in [5.74, 6) is -0.216. The lowest BCUT2D eigenvalue weighted by Gasteiger charge is -2.04. The van der Waals surface area contributed by atoms with Gasteiger partial charge in [0.1, 0.15) is 0 Å². The van der Waals surface area contributed by atoms with E-state index in [2.05, 4.69) is 5.32 Å². The van der Waals surface area contributed by atoms with Gasteiger partial charge < -0.3 is 19.5 Å². The Kier molecular flexibility index (Phi) is 3.78. The van der Waals surface area contributed by atoms with Gasteiger partial charge in [0, 0.05) is 19.2 Å². The van der Waals surface area contributed by atoms with Crippen molar-refractivity contribution in [3.05, 3.63) is 23.8 Å². The normalized spacial score (nSPS) is 12.3. The van der Waals surface area contributed by atoms with E-state index in [-0.39, 0.29) is 12.4 Å². The number of hydrogen-bond donors (Lipinski definition) is 1. The fourth-order valence-electron chi connectivity index (χ4n) is 1.52. The molecule has 0 atom stereocenters. The fraction of sp³-hybridized carbons (Fsp3) is 0.333. The van der Waals surface area contributed by atoms with Crippen molar-refractivity contribution < 1.29 is 23.8 Å². The van der Waals surface area contributed by atoms with Crippen molar-refractivity contribution in [3.63, 3.8) is 0 Å². The third-order valence-electron chi connectivity index (χ3n) is 2.43. The van der Waals surface area contributed by atoms with Crippen LogP contribution >= 0.6 is 0 Å². The van der Waals surface area contributed by atoms with E-state index < -0.39 is 11.7 Å². The Labute approximate surface area is 104 Å². The number of benzene rings is 1. The fourth-order valence-corrected chi connectivity index (χ4v) is 1.52. The van der Waals surface area contributed by atoms with Crippen LogP contribution in [0.2, 0.25) is 0 Å². The Hall–Kier alpha value is -2.08. The second kappa shape index (κ2) is 5.50. The standard InChI is InChI=1S/C12H13NO5/c1-16-5-4-13-12(15)11(14)8-2-3-9-10(6-8)18-7-17-9/h2-3,6H,4-5,7H2,1H3,(H,13,15). The smallest absolute Gasteiger partial charge is 0.292 e. The molecular weight excluding hydrogens is 238 g/mol.